The van der Waals surface area contributed by atoms with Gasteiger partial charge in [0.2, 0.25) is 10.0 Å². The molecule has 0 atom stereocenters. The number of rotatable bonds is 5. The molecule has 0 fully saturated rings. The number of hydrogen-bond donors (Lipinski definition) is 1. The highest BCUT2D eigenvalue weighted by atomic mass is 35.5. The summed E-state index contributed by atoms with van der Waals surface area (Å²) in [6.07, 6.45) is 0.563. The molecule has 10 heteroatoms. The average molecular weight is 483 g/mol. The molecular formula is C20H19ClN2O4S3. The van der Waals surface area contributed by atoms with E-state index in [1.807, 2.05) is 13.0 Å². The fraction of sp³-hybridized carbons (Fsp3) is 0.200. The number of halogens is 1. The molecule has 2 heterocycles. The van der Waals surface area contributed by atoms with Crippen molar-refractivity contribution >= 4 is 48.7 Å². The molecule has 6 nitrogen and oxygen atoms in total. The van der Waals surface area contributed by atoms with E-state index in [2.05, 4.69) is 4.72 Å². The lowest BCUT2D eigenvalue weighted by atomic mass is 10.0. The molecule has 4 rings (SSSR count). The van der Waals surface area contributed by atoms with E-state index in [-0.39, 0.29) is 15.6 Å². The minimum Gasteiger partial charge on any atom is -0.279 e. The molecule has 0 saturated heterocycles. The van der Waals surface area contributed by atoms with Gasteiger partial charge in [-0.2, -0.15) is 4.31 Å². The van der Waals surface area contributed by atoms with Gasteiger partial charge in [-0.25, -0.2) is 16.8 Å². The van der Waals surface area contributed by atoms with E-state index in [0.29, 0.717) is 23.0 Å². The van der Waals surface area contributed by atoms with Crippen LogP contribution in [0.5, 0.6) is 0 Å². The molecule has 0 unspecified atom stereocenters. The topological polar surface area (TPSA) is 83.6 Å². The Bertz CT molecular complexity index is 1300. The molecule has 0 radical (unpaired) electrons. The monoisotopic (exact) mass is 482 g/mol. The van der Waals surface area contributed by atoms with Crippen LogP contribution in [0.25, 0.3) is 0 Å². The zero-order valence-corrected chi connectivity index (χ0v) is 19.2. The van der Waals surface area contributed by atoms with E-state index >= 15 is 0 Å². The third-order valence-corrected chi connectivity index (χ3v) is 9.87. The number of benzene rings is 2. The normalized spacial score (nSPS) is 15.0. The number of nitrogens with zero attached hydrogens (tertiary/aromatic N) is 1. The first-order valence-corrected chi connectivity index (χ1v) is 13.2. The van der Waals surface area contributed by atoms with Gasteiger partial charge in [0.05, 0.1) is 9.23 Å². The third-order valence-electron chi connectivity index (χ3n) is 4.91. The van der Waals surface area contributed by atoms with E-state index in [9.17, 15) is 16.8 Å². The van der Waals surface area contributed by atoms with Crippen LogP contribution in [0.1, 0.15) is 16.7 Å². The molecule has 3 aromatic rings. The Morgan fingerprint density at radius 1 is 0.967 bits per heavy atom. The number of anilines is 1. The molecule has 1 aromatic heterocycles. The van der Waals surface area contributed by atoms with E-state index in [0.717, 1.165) is 28.0 Å². The first-order valence-electron chi connectivity index (χ1n) is 9.12. The molecule has 0 saturated carbocycles. The van der Waals surface area contributed by atoms with Crippen molar-refractivity contribution in [3.8, 4) is 0 Å². The summed E-state index contributed by atoms with van der Waals surface area (Å²) in [5.41, 5.74) is 3.16. The van der Waals surface area contributed by atoms with Gasteiger partial charge < -0.3 is 0 Å². The van der Waals surface area contributed by atoms with Crippen LogP contribution < -0.4 is 4.72 Å². The van der Waals surface area contributed by atoms with Gasteiger partial charge in [0.15, 0.2) is 0 Å². The first kappa shape index (κ1) is 21.3. The Morgan fingerprint density at radius 2 is 1.70 bits per heavy atom. The SMILES string of the molecule is Cc1ccc(S(=O)(=O)N2CCc3ccc(NS(=O)(=O)c4ccc(Cl)s4)cc3C2)cc1. The summed E-state index contributed by atoms with van der Waals surface area (Å²) < 4.78 is 55.6. The van der Waals surface area contributed by atoms with Crippen LogP contribution in [0, 0.1) is 6.92 Å². The molecule has 2 aromatic carbocycles. The Morgan fingerprint density at radius 3 is 2.37 bits per heavy atom. The van der Waals surface area contributed by atoms with Crippen LogP contribution in [0.2, 0.25) is 4.34 Å². The number of sulfonamides is 2. The highest BCUT2D eigenvalue weighted by Gasteiger charge is 2.28. The Labute approximate surface area is 185 Å². The van der Waals surface area contributed by atoms with Gasteiger partial charge in [0, 0.05) is 18.8 Å². The summed E-state index contributed by atoms with van der Waals surface area (Å²) in [5.74, 6) is 0. The van der Waals surface area contributed by atoms with Crippen molar-refractivity contribution < 1.29 is 16.8 Å². The van der Waals surface area contributed by atoms with Crippen molar-refractivity contribution in [1.29, 1.82) is 0 Å². The number of hydrogen-bond acceptors (Lipinski definition) is 5. The lowest BCUT2D eigenvalue weighted by Gasteiger charge is -2.28. The van der Waals surface area contributed by atoms with Crippen molar-refractivity contribution in [2.45, 2.75) is 29.0 Å². The maximum atomic E-state index is 13.0. The molecule has 0 spiro atoms. The maximum absolute atomic E-state index is 13.0. The third kappa shape index (κ3) is 4.26. The van der Waals surface area contributed by atoms with Crippen molar-refractivity contribution in [2.75, 3.05) is 11.3 Å². The predicted molar refractivity (Wildman–Crippen MR) is 119 cm³/mol. The maximum Gasteiger partial charge on any atom is 0.271 e. The quantitative estimate of drug-likeness (QED) is 0.589. The molecule has 1 N–H and O–H groups in total. The molecule has 0 amide bonds. The summed E-state index contributed by atoms with van der Waals surface area (Å²) in [6, 6.07) is 15.0. The van der Waals surface area contributed by atoms with Crippen molar-refractivity contribution in [2.24, 2.45) is 0 Å². The summed E-state index contributed by atoms with van der Waals surface area (Å²) in [5, 5.41) is 0. The Kier molecular flexibility index (Phi) is 5.67. The molecule has 1 aliphatic rings. The zero-order valence-electron chi connectivity index (χ0n) is 16.0. The summed E-state index contributed by atoms with van der Waals surface area (Å²) in [4.78, 5) is 0.253. The fourth-order valence-corrected chi connectivity index (χ4v) is 7.26. The first-order chi connectivity index (χ1) is 14.1. The van der Waals surface area contributed by atoms with Gasteiger partial charge in [0.1, 0.15) is 4.21 Å². The van der Waals surface area contributed by atoms with E-state index in [1.54, 1.807) is 36.4 Å². The summed E-state index contributed by atoms with van der Waals surface area (Å²) in [6.45, 7) is 2.47. The van der Waals surface area contributed by atoms with Crippen LogP contribution in [-0.2, 0) is 33.0 Å². The predicted octanol–water partition coefficient (Wildman–Crippen LogP) is 4.26. The average Bonchev–Trinajstić information content (AvgIpc) is 3.15. The van der Waals surface area contributed by atoms with Crippen LogP contribution in [0.4, 0.5) is 5.69 Å². The fourth-order valence-electron chi connectivity index (χ4n) is 3.31. The Hall–Kier alpha value is -1.91. The lowest BCUT2D eigenvalue weighted by molar-refractivity contribution is 0.391. The van der Waals surface area contributed by atoms with Gasteiger partial charge in [-0.05, 0) is 60.9 Å². The lowest BCUT2D eigenvalue weighted by Crippen LogP contribution is -2.36. The van der Waals surface area contributed by atoms with Gasteiger partial charge in [-0.3, -0.25) is 4.72 Å². The van der Waals surface area contributed by atoms with Gasteiger partial charge in [-0.1, -0.05) is 35.4 Å². The van der Waals surface area contributed by atoms with Gasteiger partial charge >= 0.3 is 0 Å². The van der Waals surface area contributed by atoms with Crippen LogP contribution in [0.3, 0.4) is 0 Å². The van der Waals surface area contributed by atoms with Crippen LogP contribution in [-0.4, -0.2) is 27.7 Å². The molecule has 1 aliphatic heterocycles. The van der Waals surface area contributed by atoms with E-state index in [1.165, 1.54) is 16.4 Å². The highest BCUT2D eigenvalue weighted by molar-refractivity contribution is 7.94. The number of nitrogens with one attached hydrogen (secondary N) is 1. The molecular weight excluding hydrogens is 464 g/mol. The van der Waals surface area contributed by atoms with Crippen molar-refractivity contribution in [3.63, 3.8) is 0 Å². The van der Waals surface area contributed by atoms with E-state index in [4.69, 9.17) is 11.6 Å². The second kappa shape index (κ2) is 7.97. The Balaban J connectivity index is 1.58. The number of fused-ring (bicyclic) bond motifs is 1. The second-order valence-electron chi connectivity index (χ2n) is 7.05. The molecule has 0 aliphatic carbocycles. The van der Waals surface area contributed by atoms with Crippen LogP contribution >= 0.6 is 22.9 Å². The van der Waals surface area contributed by atoms with Gasteiger partial charge in [-0.15, -0.1) is 11.3 Å². The second-order valence-corrected chi connectivity index (χ2v) is 12.6. The largest absolute Gasteiger partial charge is 0.279 e. The summed E-state index contributed by atoms with van der Waals surface area (Å²) >= 11 is 6.82. The molecule has 158 valence electrons. The minimum atomic E-state index is -3.76. The highest BCUT2D eigenvalue weighted by Crippen LogP contribution is 2.30. The number of aryl methyl sites for hydroxylation is 1. The molecule has 30 heavy (non-hydrogen) atoms. The zero-order chi connectivity index (χ0) is 21.5. The smallest absolute Gasteiger partial charge is 0.271 e. The number of thiophene rings is 1. The van der Waals surface area contributed by atoms with Crippen LogP contribution in [0.15, 0.2) is 63.7 Å². The van der Waals surface area contributed by atoms with Crippen molar-refractivity contribution in [1.82, 2.24) is 4.31 Å². The van der Waals surface area contributed by atoms with Crippen molar-refractivity contribution in [3.05, 3.63) is 75.6 Å². The molecule has 0 bridgehead atoms. The van der Waals surface area contributed by atoms with E-state index < -0.39 is 20.0 Å². The standard InChI is InChI=1S/C20H19ClN2O4S3/c1-14-2-6-18(7-3-14)30(26,27)23-11-10-15-4-5-17(12-16(15)13-23)22-29(24,25)20-9-8-19(21)28-20/h2-9,12,22H,10-11,13H2,1H3. The minimum absolute atomic E-state index is 0.119. The summed E-state index contributed by atoms with van der Waals surface area (Å²) in [7, 11) is -7.38. The van der Waals surface area contributed by atoms with Gasteiger partial charge in [0.25, 0.3) is 10.0 Å².